The minimum absolute atomic E-state index is 0.205. The first-order valence-electron chi connectivity index (χ1n) is 5.44. The van der Waals surface area contributed by atoms with Gasteiger partial charge in [0.25, 0.3) is 0 Å². The zero-order chi connectivity index (χ0) is 11.6. The van der Waals surface area contributed by atoms with Gasteiger partial charge in [-0.05, 0) is 18.4 Å². The van der Waals surface area contributed by atoms with Gasteiger partial charge in [0, 0.05) is 13.0 Å². The summed E-state index contributed by atoms with van der Waals surface area (Å²) in [4.78, 5) is 12.8. The van der Waals surface area contributed by atoms with Crippen LogP contribution in [0.5, 0.6) is 0 Å². The lowest BCUT2D eigenvalue weighted by Crippen LogP contribution is -2.37. The molecule has 1 aliphatic rings. The summed E-state index contributed by atoms with van der Waals surface area (Å²) >= 11 is 0. The number of aliphatic hydroxyl groups is 1. The summed E-state index contributed by atoms with van der Waals surface area (Å²) in [5.41, 5.74) is 0.205. The number of aliphatic hydroxyl groups excluding tert-OH is 1. The van der Waals surface area contributed by atoms with E-state index in [1.54, 1.807) is 0 Å². The van der Waals surface area contributed by atoms with Crippen molar-refractivity contribution in [1.82, 2.24) is 4.90 Å². The van der Waals surface area contributed by atoms with Crippen molar-refractivity contribution in [2.75, 3.05) is 13.1 Å². The van der Waals surface area contributed by atoms with Crippen LogP contribution in [0, 0.1) is 5.41 Å². The second-order valence-electron chi connectivity index (χ2n) is 5.55. The van der Waals surface area contributed by atoms with Crippen molar-refractivity contribution in [3.63, 3.8) is 0 Å². The average molecular weight is 215 g/mol. The predicted molar refractivity (Wildman–Crippen MR) is 57.7 cm³/mol. The monoisotopic (exact) mass is 215 g/mol. The fraction of sp³-hybridized carbons (Fsp3) is 0.909. The van der Waals surface area contributed by atoms with Gasteiger partial charge in [0.2, 0.25) is 0 Å². The molecule has 0 spiro atoms. The molecule has 0 bridgehead atoms. The molecule has 4 nitrogen and oxygen atoms in total. The van der Waals surface area contributed by atoms with Crippen LogP contribution in [0.1, 0.15) is 33.6 Å². The topological polar surface area (TPSA) is 60.8 Å². The van der Waals surface area contributed by atoms with E-state index in [1.807, 2.05) is 4.90 Å². The zero-order valence-electron chi connectivity index (χ0n) is 9.73. The molecule has 0 aliphatic carbocycles. The SMILES string of the molecule is CC(C)(C)CCN1CC(O)CC1C(=O)O. The van der Waals surface area contributed by atoms with E-state index in [-0.39, 0.29) is 5.41 Å². The Morgan fingerprint density at radius 3 is 2.53 bits per heavy atom. The molecule has 4 heteroatoms. The Bertz CT molecular complexity index is 234. The van der Waals surface area contributed by atoms with E-state index in [9.17, 15) is 9.90 Å². The fourth-order valence-corrected chi connectivity index (χ4v) is 1.86. The third kappa shape index (κ3) is 3.80. The minimum Gasteiger partial charge on any atom is -0.480 e. The highest BCUT2D eigenvalue weighted by Crippen LogP contribution is 2.23. The first kappa shape index (κ1) is 12.5. The molecule has 0 aromatic carbocycles. The molecule has 15 heavy (non-hydrogen) atoms. The maximum Gasteiger partial charge on any atom is 0.321 e. The van der Waals surface area contributed by atoms with Crippen LogP contribution in [0.25, 0.3) is 0 Å². The summed E-state index contributed by atoms with van der Waals surface area (Å²) in [6.45, 7) is 7.64. The molecule has 1 aliphatic heterocycles. The van der Waals surface area contributed by atoms with Gasteiger partial charge in [0.05, 0.1) is 6.10 Å². The molecule has 2 unspecified atom stereocenters. The van der Waals surface area contributed by atoms with Gasteiger partial charge in [-0.2, -0.15) is 0 Å². The number of carbonyl (C=O) groups is 1. The number of aliphatic carboxylic acids is 1. The number of likely N-dealkylation sites (tertiary alicyclic amines) is 1. The van der Waals surface area contributed by atoms with Gasteiger partial charge >= 0.3 is 5.97 Å². The lowest BCUT2D eigenvalue weighted by molar-refractivity contribution is -0.142. The molecule has 2 atom stereocenters. The average Bonchev–Trinajstić information content (AvgIpc) is 2.42. The minimum atomic E-state index is -0.819. The van der Waals surface area contributed by atoms with Crippen molar-refractivity contribution in [3.8, 4) is 0 Å². The highest BCUT2D eigenvalue weighted by molar-refractivity contribution is 5.74. The van der Waals surface area contributed by atoms with Gasteiger partial charge in [-0.25, -0.2) is 0 Å². The van der Waals surface area contributed by atoms with E-state index < -0.39 is 18.1 Å². The van der Waals surface area contributed by atoms with Gasteiger partial charge in [-0.3, -0.25) is 9.69 Å². The number of hydrogen-bond acceptors (Lipinski definition) is 3. The zero-order valence-corrected chi connectivity index (χ0v) is 9.73. The Labute approximate surface area is 90.9 Å². The number of hydrogen-bond donors (Lipinski definition) is 2. The summed E-state index contributed by atoms with van der Waals surface area (Å²) in [5, 5.41) is 18.4. The predicted octanol–water partition coefficient (Wildman–Crippen LogP) is 0.942. The van der Waals surface area contributed by atoms with Crippen LogP contribution >= 0.6 is 0 Å². The van der Waals surface area contributed by atoms with Gasteiger partial charge < -0.3 is 10.2 Å². The summed E-state index contributed by atoms with van der Waals surface area (Å²) in [5.74, 6) is -0.819. The molecule has 0 saturated carbocycles. The number of carboxylic acid groups (broad SMARTS) is 1. The number of nitrogens with zero attached hydrogens (tertiary/aromatic N) is 1. The number of carboxylic acids is 1. The van der Waals surface area contributed by atoms with Crippen LogP contribution < -0.4 is 0 Å². The Hall–Kier alpha value is -0.610. The van der Waals surface area contributed by atoms with Crippen molar-refractivity contribution in [1.29, 1.82) is 0 Å². The highest BCUT2D eigenvalue weighted by atomic mass is 16.4. The van der Waals surface area contributed by atoms with Crippen molar-refractivity contribution in [2.45, 2.75) is 45.8 Å². The van der Waals surface area contributed by atoms with E-state index in [0.717, 1.165) is 13.0 Å². The molecular weight excluding hydrogens is 194 g/mol. The van der Waals surface area contributed by atoms with Gasteiger partial charge in [-0.1, -0.05) is 20.8 Å². The molecule has 0 amide bonds. The smallest absolute Gasteiger partial charge is 0.321 e. The summed E-state index contributed by atoms with van der Waals surface area (Å²) < 4.78 is 0. The first-order chi connectivity index (χ1) is 6.79. The van der Waals surface area contributed by atoms with Crippen molar-refractivity contribution < 1.29 is 15.0 Å². The van der Waals surface area contributed by atoms with Gasteiger partial charge in [0.15, 0.2) is 0 Å². The molecule has 0 radical (unpaired) electrons. The molecule has 0 aromatic heterocycles. The Kier molecular flexibility index (Phi) is 3.73. The van der Waals surface area contributed by atoms with Crippen LogP contribution in [0.15, 0.2) is 0 Å². The van der Waals surface area contributed by atoms with Gasteiger partial charge in [0.1, 0.15) is 6.04 Å². The van der Waals surface area contributed by atoms with Crippen LogP contribution in [0.4, 0.5) is 0 Å². The summed E-state index contributed by atoms with van der Waals surface area (Å²) in [6, 6.07) is -0.498. The van der Waals surface area contributed by atoms with E-state index in [0.29, 0.717) is 13.0 Å². The summed E-state index contributed by atoms with van der Waals surface area (Å²) in [7, 11) is 0. The normalized spacial score (nSPS) is 28.3. The summed E-state index contributed by atoms with van der Waals surface area (Å²) in [6.07, 6.45) is 0.828. The number of rotatable bonds is 3. The molecule has 1 rings (SSSR count). The highest BCUT2D eigenvalue weighted by Gasteiger charge is 2.35. The third-order valence-electron chi connectivity index (χ3n) is 2.82. The lowest BCUT2D eigenvalue weighted by Gasteiger charge is -2.25. The second kappa shape index (κ2) is 4.49. The van der Waals surface area contributed by atoms with Crippen LogP contribution in [0.3, 0.4) is 0 Å². The van der Waals surface area contributed by atoms with Crippen molar-refractivity contribution in [3.05, 3.63) is 0 Å². The molecule has 1 saturated heterocycles. The maximum atomic E-state index is 10.9. The Balaban J connectivity index is 2.49. The van der Waals surface area contributed by atoms with Crippen LogP contribution in [-0.2, 0) is 4.79 Å². The largest absolute Gasteiger partial charge is 0.480 e. The Morgan fingerprint density at radius 1 is 1.47 bits per heavy atom. The maximum absolute atomic E-state index is 10.9. The van der Waals surface area contributed by atoms with Gasteiger partial charge in [-0.15, -0.1) is 0 Å². The third-order valence-corrected chi connectivity index (χ3v) is 2.82. The van der Waals surface area contributed by atoms with Crippen LogP contribution in [0.2, 0.25) is 0 Å². The van der Waals surface area contributed by atoms with Crippen LogP contribution in [-0.4, -0.2) is 46.3 Å². The molecule has 0 aromatic rings. The molecular formula is C11H21NO3. The second-order valence-corrected chi connectivity index (χ2v) is 5.55. The van der Waals surface area contributed by atoms with E-state index in [2.05, 4.69) is 20.8 Å². The Morgan fingerprint density at radius 2 is 2.07 bits per heavy atom. The molecule has 88 valence electrons. The van der Waals surface area contributed by atoms with Crippen molar-refractivity contribution in [2.24, 2.45) is 5.41 Å². The first-order valence-corrected chi connectivity index (χ1v) is 5.44. The standard InChI is InChI=1S/C11H21NO3/c1-11(2,3)4-5-12-7-8(13)6-9(12)10(14)15/h8-9,13H,4-7H2,1-3H3,(H,14,15). The molecule has 1 heterocycles. The molecule has 2 N–H and O–H groups in total. The van der Waals surface area contributed by atoms with E-state index >= 15 is 0 Å². The molecule has 1 fully saturated rings. The van der Waals surface area contributed by atoms with E-state index in [4.69, 9.17) is 5.11 Å². The fourth-order valence-electron chi connectivity index (χ4n) is 1.86. The lowest BCUT2D eigenvalue weighted by atomic mass is 9.92. The van der Waals surface area contributed by atoms with Crippen molar-refractivity contribution >= 4 is 5.97 Å². The number of β-amino-alcohol motifs (C(OH)–C–C–N with tert-alkyl or cyclic N) is 1. The quantitative estimate of drug-likeness (QED) is 0.735. The van der Waals surface area contributed by atoms with E-state index in [1.165, 1.54) is 0 Å².